The molecule has 0 bridgehead atoms. The summed E-state index contributed by atoms with van der Waals surface area (Å²) in [4.78, 5) is 10.6. The first-order valence-electron chi connectivity index (χ1n) is 3.78. The first-order chi connectivity index (χ1) is 6.11. The second kappa shape index (κ2) is 4.49. The van der Waals surface area contributed by atoms with E-state index in [0.717, 1.165) is 5.56 Å². The molecule has 0 aromatic heterocycles. The predicted molar refractivity (Wildman–Crippen MR) is 53.9 cm³/mol. The van der Waals surface area contributed by atoms with Crippen molar-refractivity contribution in [2.24, 2.45) is 5.73 Å². The number of amides is 1. The van der Waals surface area contributed by atoms with E-state index in [1.165, 1.54) is 0 Å². The van der Waals surface area contributed by atoms with Crippen LogP contribution in [0.5, 0.6) is 0 Å². The van der Waals surface area contributed by atoms with Gasteiger partial charge in [0.1, 0.15) is 0 Å². The molecule has 1 amide bonds. The van der Waals surface area contributed by atoms with E-state index in [9.17, 15) is 4.79 Å². The average Bonchev–Trinajstić information content (AvgIpc) is 2.03. The zero-order valence-corrected chi connectivity index (χ0v) is 8.35. The Bertz CT molecular complexity index is 314. The molecule has 0 radical (unpaired) electrons. The van der Waals surface area contributed by atoms with Crippen LogP contribution in [0.2, 0.25) is 5.02 Å². The fourth-order valence-corrected chi connectivity index (χ4v) is 1.68. The van der Waals surface area contributed by atoms with E-state index in [2.05, 4.69) is 0 Å². The van der Waals surface area contributed by atoms with Crippen LogP contribution in [-0.4, -0.2) is 5.91 Å². The summed E-state index contributed by atoms with van der Waals surface area (Å²) in [5, 5.41) is 0.120. The summed E-state index contributed by atoms with van der Waals surface area (Å²) in [6.45, 7) is 0. The number of hydrogen-bond acceptors (Lipinski definition) is 1. The van der Waals surface area contributed by atoms with Crippen molar-refractivity contribution in [1.29, 1.82) is 0 Å². The molecule has 0 aliphatic rings. The number of halogens is 2. The third-order valence-electron chi connectivity index (χ3n) is 1.62. The maximum absolute atomic E-state index is 10.6. The number of benzene rings is 1. The van der Waals surface area contributed by atoms with Crippen LogP contribution in [0.3, 0.4) is 0 Å². The lowest BCUT2D eigenvalue weighted by molar-refractivity contribution is -0.118. The number of primary amides is 1. The second-order valence-electron chi connectivity index (χ2n) is 2.66. The number of hydrogen-bond donors (Lipinski definition) is 1. The Labute approximate surface area is 86.6 Å². The van der Waals surface area contributed by atoms with Crippen LogP contribution < -0.4 is 5.73 Å². The average molecular weight is 218 g/mol. The fourth-order valence-electron chi connectivity index (χ4n) is 1.02. The normalized spacial score (nSPS) is 12.5. The highest BCUT2D eigenvalue weighted by molar-refractivity contribution is 6.32. The van der Waals surface area contributed by atoms with E-state index in [4.69, 9.17) is 28.9 Å². The van der Waals surface area contributed by atoms with Gasteiger partial charge in [0, 0.05) is 11.4 Å². The fraction of sp³-hybridized carbons (Fsp3) is 0.222. The molecule has 4 heteroatoms. The van der Waals surface area contributed by atoms with Gasteiger partial charge in [-0.1, -0.05) is 29.8 Å². The van der Waals surface area contributed by atoms with Crippen molar-refractivity contribution in [1.82, 2.24) is 0 Å². The monoisotopic (exact) mass is 217 g/mol. The summed E-state index contributed by atoms with van der Waals surface area (Å²) in [5.41, 5.74) is 5.75. The first kappa shape index (κ1) is 10.4. The number of alkyl halides is 1. The number of rotatable bonds is 3. The molecule has 13 heavy (non-hydrogen) atoms. The third kappa shape index (κ3) is 2.90. The van der Waals surface area contributed by atoms with Gasteiger partial charge in [0.15, 0.2) is 0 Å². The molecular formula is C9H9Cl2NO. The van der Waals surface area contributed by atoms with Gasteiger partial charge >= 0.3 is 0 Å². The van der Waals surface area contributed by atoms with E-state index in [0.29, 0.717) is 5.02 Å². The van der Waals surface area contributed by atoms with Gasteiger partial charge in [0.2, 0.25) is 5.91 Å². The first-order valence-corrected chi connectivity index (χ1v) is 4.59. The minimum atomic E-state index is -0.439. The van der Waals surface area contributed by atoms with Crippen LogP contribution in [0, 0.1) is 0 Å². The predicted octanol–water partition coefficient (Wildman–Crippen LogP) is 2.50. The van der Waals surface area contributed by atoms with E-state index < -0.39 is 11.3 Å². The van der Waals surface area contributed by atoms with Crippen molar-refractivity contribution in [3.63, 3.8) is 0 Å². The van der Waals surface area contributed by atoms with Crippen molar-refractivity contribution >= 4 is 29.1 Å². The van der Waals surface area contributed by atoms with Gasteiger partial charge in [-0.3, -0.25) is 4.79 Å². The molecule has 0 saturated carbocycles. The second-order valence-corrected chi connectivity index (χ2v) is 3.59. The Morgan fingerprint density at radius 3 is 2.62 bits per heavy atom. The van der Waals surface area contributed by atoms with Crippen LogP contribution in [0.4, 0.5) is 0 Å². The molecule has 1 aromatic rings. The molecule has 1 rings (SSSR count). The maximum Gasteiger partial charge on any atom is 0.219 e. The Hall–Kier alpha value is -0.730. The molecule has 0 saturated heterocycles. The summed E-state index contributed by atoms with van der Waals surface area (Å²) in [6.07, 6.45) is 0.102. The molecule has 0 fully saturated rings. The summed E-state index contributed by atoms with van der Waals surface area (Å²) >= 11 is 11.8. The van der Waals surface area contributed by atoms with E-state index >= 15 is 0 Å². The van der Waals surface area contributed by atoms with E-state index in [-0.39, 0.29) is 6.42 Å². The van der Waals surface area contributed by atoms with Crippen molar-refractivity contribution in [2.45, 2.75) is 11.8 Å². The van der Waals surface area contributed by atoms with Crippen LogP contribution in [0.25, 0.3) is 0 Å². The Morgan fingerprint density at radius 2 is 2.08 bits per heavy atom. The quantitative estimate of drug-likeness (QED) is 0.778. The van der Waals surface area contributed by atoms with Gasteiger partial charge < -0.3 is 5.73 Å². The number of nitrogens with two attached hydrogens (primary N) is 1. The lowest BCUT2D eigenvalue weighted by atomic mass is 10.1. The van der Waals surface area contributed by atoms with Crippen molar-refractivity contribution in [2.75, 3.05) is 0 Å². The highest BCUT2D eigenvalue weighted by Crippen LogP contribution is 2.29. The number of carbonyl (C=O) groups excluding carboxylic acids is 1. The lowest BCUT2D eigenvalue weighted by Crippen LogP contribution is -2.12. The van der Waals surface area contributed by atoms with Crippen LogP contribution >= 0.6 is 23.2 Å². The third-order valence-corrected chi connectivity index (χ3v) is 2.36. The van der Waals surface area contributed by atoms with Crippen molar-refractivity contribution in [3.05, 3.63) is 34.9 Å². The smallest absolute Gasteiger partial charge is 0.219 e. The Kier molecular flexibility index (Phi) is 3.58. The van der Waals surface area contributed by atoms with Crippen LogP contribution in [0.15, 0.2) is 24.3 Å². The van der Waals surface area contributed by atoms with E-state index in [1.54, 1.807) is 18.2 Å². The van der Waals surface area contributed by atoms with Gasteiger partial charge in [-0.05, 0) is 11.6 Å². The highest BCUT2D eigenvalue weighted by Gasteiger charge is 2.13. The Balaban J connectivity index is 2.82. The largest absolute Gasteiger partial charge is 0.370 e. The van der Waals surface area contributed by atoms with Crippen LogP contribution in [-0.2, 0) is 4.79 Å². The van der Waals surface area contributed by atoms with Gasteiger partial charge in [0.25, 0.3) is 0 Å². The van der Waals surface area contributed by atoms with Gasteiger partial charge in [0.05, 0.1) is 5.38 Å². The topological polar surface area (TPSA) is 43.1 Å². The molecular weight excluding hydrogens is 209 g/mol. The molecule has 2 N–H and O–H groups in total. The lowest BCUT2D eigenvalue weighted by Gasteiger charge is -2.08. The maximum atomic E-state index is 10.6. The molecule has 0 aliphatic heterocycles. The summed E-state index contributed by atoms with van der Waals surface area (Å²) in [5.74, 6) is -0.431. The molecule has 1 aromatic carbocycles. The molecule has 0 heterocycles. The zero-order valence-electron chi connectivity index (χ0n) is 6.84. The molecule has 1 unspecified atom stereocenters. The summed E-state index contributed by atoms with van der Waals surface area (Å²) in [6, 6.07) is 7.13. The molecule has 70 valence electrons. The number of carbonyl (C=O) groups is 1. The molecule has 0 spiro atoms. The van der Waals surface area contributed by atoms with Gasteiger partial charge in [-0.15, -0.1) is 11.6 Å². The summed E-state index contributed by atoms with van der Waals surface area (Å²) in [7, 11) is 0. The molecule has 0 aliphatic carbocycles. The highest BCUT2D eigenvalue weighted by atomic mass is 35.5. The minimum absolute atomic E-state index is 0.102. The molecule has 2 nitrogen and oxygen atoms in total. The standard InChI is InChI=1S/C9H9Cl2NO/c10-7-4-2-1-3-6(7)8(11)5-9(12)13/h1-4,8H,5H2,(H2,12,13). The summed E-state index contributed by atoms with van der Waals surface area (Å²) < 4.78 is 0. The van der Waals surface area contributed by atoms with Crippen LogP contribution in [0.1, 0.15) is 17.4 Å². The minimum Gasteiger partial charge on any atom is -0.370 e. The Morgan fingerprint density at radius 1 is 1.46 bits per heavy atom. The SMILES string of the molecule is NC(=O)CC(Cl)c1ccccc1Cl. The molecule has 1 atom stereocenters. The van der Waals surface area contributed by atoms with Gasteiger partial charge in [-0.2, -0.15) is 0 Å². The van der Waals surface area contributed by atoms with Crippen molar-refractivity contribution in [3.8, 4) is 0 Å². The zero-order chi connectivity index (χ0) is 9.84. The van der Waals surface area contributed by atoms with E-state index in [1.807, 2.05) is 6.07 Å². The van der Waals surface area contributed by atoms with Gasteiger partial charge in [-0.25, -0.2) is 0 Å². The van der Waals surface area contributed by atoms with Crippen molar-refractivity contribution < 1.29 is 4.79 Å².